The number of benzene rings is 1. The quantitative estimate of drug-likeness (QED) is 0.470. The maximum atomic E-state index is 13.8. The summed E-state index contributed by atoms with van der Waals surface area (Å²) in [6.45, 7) is -0.215. The Morgan fingerprint density at radius 3 is 2.67 bits per heavy atom. The first-order valence-corrected chi connectivity index (χ1v) is 12.3. The Balaban J connectivity index is 1.58. The van der Waals surface area contributed by atoms with Crippen molar-refractivity contribution in [3.63, 3.8) is 0 Å². The van der Waals surface area contributed by atoms with Crippen LogP contribution in [0.3, 0.4) is 0 Å². The second-order valence-corrected chi connectivity index (χ2v) is 11.3. The van der Waals surface area contributed by atoms with Crippen LogP contribution in [-0.4, -0.2) is 58.8 Å². The Morgan fingerprint density at radius 2 is 2.06 bits per heavy atom. The number of halogens is 1. The van der Waals surface area contributed by atoms with Gasteiger partial charge in [-0.05, 0) is 36.6 Å². The van der Waals surface area contributed by atoms with Crippen LogP contribution < -0.4 is 15.6 Å². The number of amides is 1. The van der Waals surface area contributed by atoms with Gasteiger partial charge in [-0.15, -0.1) is 5.10 Å². The third-order valence-corrected chi connectivity index (χ3v) is 8.73. The monoisotopic (exact) mass is 514 g/mol. The fraction of sp³-hybridized carbons (Fsp3) is 0.348. The molecule has 2 aromatic heterocycles. The largest absolute Gasteiger partial charge is 0.473 e. The Hall–Kier alpha value is -3.89. The molecule has 3 aromatic rings. The maximum Gasteiger partial charge on any atom is 0.263 e. The molecule has 1 aliphatic rings. The maximum absolute atomic E-state index is 13.8. The number of nitrogens with one attached hydrogen (secondary N) is 1. The third kappa shape index (κ3) is 4.40. The zero-order chi connectivity index (χ0) is 26.3. The summed E-state index contributed by atoms with van der Waals surface area (Å²) in [5, 5.41) is 19.6. The SMILES string of the molecule is CN(C)S(=O)(=O)C1(COc2nncc3cc(C(=O)NCc4ccc(C#N)c(F)c4)c(=O)n(C)c23)CC1. The summed E-state index contributed by atoms with van der Waals surface area (Å²) in [4.78, 5) is 25.7. The van der Waals surface area contributed by atoms with Gasteiger partial charge >= 0.3 is 0 Å². The summed E-state index contributed by atoms with van der Waals surface area (Å²) in [6, 6.07) is 7.01. The van der Waals surface area contributed by atoms with E-state index in [1.54, 1.807) is 6.07 Å². The Kier molecular flexibility index (Phi) is 6.50. The van der Waals surface area contributed by atoms with Crippen LogP contribution in [0.2, 0.25) is 0 Å². The van der Waals surface area contributed by atoms with E-state index >= 15 is 0 Å². The van der Waals surface area contributed by atoms with Crippen LogP contribution in [0, 0.1) is 17.1 Å². The first-order valence-electron chi connectivity index (χ1n) is 10.9. The molecule has 0 aliphatic heterocycles. The van der Waals surface area contributed by atoms with E-state index in [4.69, 9.17) is 10.00 Å². The minimum Gasteiger partial charge on any atom is -0.473 e. The molecule has 2 heterocycles. The van der Waals surface area contributed by atoms with Crippen molar-refractivity contribution in [3.8, 4) is 11.9 Å². The summed E-state index contributed by atoms with van der Waals surface area (Å²) in [5.41, 5.74) is -0.239. The average Bonchev–Trinajstić information content (AvgIpc) is 3.65. The lowest BCUT2D eigenvalue weighted by Gasteiger charge is -2.21. The summed E-state index contributed by atoms with van der Waals surface area (Å²) in [7, 11) is 0.797. The van der Waals surface area contributed by atoms with E-state index in [-0.39, 0.29) is 35.7 Å². The Morgan fingerprint density at radius 1 is 1.33 bits per heavy atom. The summed E-state index contributed by atoms with van der Waals surface area (Å²) in [5.74, 6) is -1.41. The van der Waals surface area contributed by atoms with Crippen molar-refractivity contribution in [1.29, 1.82) is 5.26 Å². The van der Waals surface area contributed by atoms with E-state index in [0.29, 0.717) is 23.8 Å². The second-order valence-electron chi connectivity index (χ2n) is 8.74. The van der Waals surface area contributed by atoms with E-state index in [0.717, 1.165) is 10.4 Å². The molecule has 0 unspecified atom stereocenters. The highest BCUT2D eigenvalue weighted by atomic mass is 32.2. The fourth-order valence-corrected chi connectivity index (χ4v) is 5.42. The summed E-state index contributed by atoms with van der Waals surface area (Å²) in [6.07, 6.45) is 2.24. The van der Waals surface area contributed by atoms with Gasteiger partial charge in [0.2, 0.25) is 10.0 Å². The van der Waals surface area contributed by atoms with Crippen molar-refractivity contribution in [2.75, 3.05) is 20.7 Å². The number of sulfonamides is 1. The van der Waals surface area contributed by atoms with E-state index in [1.165, 1.54) is 50.1 Å². The molecule has 4 rings (SSSR count). The van der Waals surface area contributed by atoms with Crippen LogP contribution in [0.25, 0.3) is 10.9 Å². The van der Waals surface area contributed by atoms with Crippen LogP contribution >= 0.6 is 0 Å². The summed E-state index contributed by atoms with van der Waals surface area (Å²) >= 11 is 0. The normalized spacial score (nSPS) is 14.4. The molecule has 0 atom stereocenters. The number of ether oxygens (including phenoxy) is 1. The number of carbonyl (C=O) groups excluding carboxylic acids is 1. The van der Waals surface area contributed by atoms with Crippen LogP contribution in [0.15, 0.2) is 35.3 Å². The number of fused-ring (bicyclic) bond motifs is 1. The lowest BCUT2D eigenvalue weighted by molar-refractivity contribution is 0.0949. The van der Waals surface area contributed by atoms with Crippen LogP contribution in [-0.2, 0) is 23.6 Å². The standard InChI is InChI=1S/C23H23FN6O5S/c1-29(2)36(33,34)23(6-7-23)13-35-21-19-16(12-27-28-21)9-17(22(32)30(19)3)20(31)26-11-14-4-5-15(10-25)18(24)8-14/h4-5,8-9,12H,6-7,11,13H2,1-3H3,(H,26,31). The van der Waals surface area contributed by atoms with Gasteiger partial charge in [-0.2, -0.15) is 10.4 Å². The number of pyridine rings is 1. The highest BCUT2D eigenvalue weighted by Gasteiger charge is 2.56. The topological polar surface area (TPSA) is 147 Å². The molecule has 1 aliphatic carbocycles. The first kappa shape index (κ1) is 25.2. The molecular weight excluding hydrogens is 491 g/mol. The molecule has 36 heavy (non-hydrogen) atoms. The molecule has 1 amide bonds. The smallest absolute Gasteiger partial charge is 0.263 e. The minimum atomic E-state index is -3.56. The number of hydrogen-bond donors (Lipinski definition) is 1. The molecule has 1 fully saturated rings. The molecule has 11 nitrogen and oxygen atoms in total. The third-order valence-electron chi connectivity index (χ3n) is 6.15. The van der Waals surface area contributed by atoms with Gasteiger partial charge in [0, 0.05) is 33.1 Å². The van der Waals surface area contributed by atoms with Crippen molar-refractivity contribution >= 4 is 26.8 Å². The van der Waals surface area contributed by atoms with Gasteiger partial charge in [0.05, 0.1) is 11.8 Å². The molecule has 0 radical (unpaired) electrons. The van der Waals surface area contributed by atoms with Gasteiger partial charge in [0.15, 0.2) is 0 Å². The first-order chi connectivity index (χ1) is 17.0. The van der Waals surface area contributed by atoms with Gasteiger partial charge in [0.25, 0.3) is 17.3 Å². The molecule has 0 spiro atoms. The zero-order valence-electron chi connectivity index (χ0n) is 19.8. The molecule has 1 N–H and O–H groups in total. The van der Waals surface area contributed by atoms with Gasteiger partial charge < -0.3 is 14.6 Å². The predicted octanol–water partition coefficient (Wildman–Crippen LogP) is 1.07. The highest BCUT2D eigenvalue weighted by Crippen LogP contribution is 2.45. The fourth-order valence-electron chi connectivity index (χ4n) is 3.82. The van der Waals surface area contributed by atoms with Crippen LogP contribution in [0.1, 0.15) is 34.3 Å². The molecule has 188 valence electrons. The van der Waals surface area contributed by atoms with Gasteiger partial charge in [-0.1, -0.05) is 6.07 Å². The van der Waals surface area contributed by atoms with Crippen molar-refractivity contribution in [2.45, 2.75) is 24.1 Å². The summed E-state index contributed by atoms with van der Waals surface area (Å²) < 4.78 is 46.1. The second kappa shape index (κ2) is 9.29. The van der Waals surface area contributed by atoms with Crippen LogP contribution in [0.5, 0.6) is 5.88 Å². The van der Waals surface area contributed by atoms with E-state index in [1.807, 2.05) is 0 Å². The highest BCUT2D eigenvalue weighted by molar-refractivity contribution is 7.90. The Labute approximate surface area is 206 Å². The molecule has 1 saturated carbocycles. The Bertz CT molecular complexity index is 1570. The number of nitriles is 1. The van der Waals surface area contributed by atoms with Gasteiger partial charge in [-0.25, -0.2) is 17.1 Å². The number of aromatic nitrogens is 3. The average molecular weight is 515 g/mol. The number of carbonyl (C=O) groups is 1. The lowest BCUT2D eigenvalue weighted by Crippen LogP contribution is -2.39. The van der Waals surface area contributed by atoms with E-state index in [2.05, 4.69) is 15.5 Å². The van der Waals surface area contributed by atoms with E-state index in [9.17, 15) is 22.4 Å². The van der Waals surface area contributed by atoms with Gasteiger partial charge in [0.1, 0.15) is 34.3 Å². The predicted molar refractivity (Wildman–Crippen MR) is 127 cm³/mol. The van der Waals surface area contributed by atoms with Crippen molar-refractivity contribution < 1.29 is 22.3 Å². The van der Waals surface area contributed by atoms with Gasteiger partial charge in [-0.3, -0.25) is 9.59 Å². The van der Waals surface area contributed by atoms with Crippen LogP contribution in [0.4, 0.5) is 4.39 Å². The lowest BCUT2D eigenvalue weighted by atomic mass is 10.1. The van der Waals surface area contributed by atoms with Crippen molar-refractivity contribution in [3.05, 3.63) is 63.3 Å². The number of nitrogens with zero attached hydrogens (tertiary/aromatic N) is 5. The zero-order valence-corrected chi connectivity index (χ0v) is 20.6. The molecule has 1 aromatic carbocycles. The van der Waals surface area contributed by atoms with Crippen molar-refractivity contribution in [2.24, 2.45) is 7.05 Å². The number of aryl methyl sites for hydroxylation is 1. The molecular formula is C23H23FN6O5S. The number of rotatable bonds is 8. The molecule has 13 heteroatoms. The molecule has 0 saturated heterocycles. The minimum absolute atomic E-state index is 0.0210. The van der Waals surface area contributed by atoms with E-state index < -0.39 is 32.1 Å². The molecule has 0 bridgehead atoms. The number of hydrogen-bond acceptors (Lipinski definition) is 8. The van der Waals surface area contributed by atoms with Crippen molar-refractivity contribution in [1.82, 2.24) is 24.4 Å².